The van der Waals surface area contributed by atoms with Gasteiger partial charge in [-0.3, -0.25) is 9.59 Å². The van der Waals surface area contributed by atoms with E-state index >= 15 is 0 Å². The first-order valence-corrected chi connectivity index (χ1v) is 8.72. The molecule has 0 bridgehead atoms. The molecule has 2 aromatic carbocycles. The average Bonchev–Trinajstić information content (AvgIpc) is 2.54. The number of hydrogen-bond donors (Lipinski definition) is 1. The standard InChI is InChI=1S/C18H16F3NO3S/c1-12-5-4-6-13(9-12)22-16(23)10-26-11-17(24)25-15-8-3-2-7-14(15)18(19,20)21/h2-9H,10-11H2,1H3,(H,22,23). The second kappa shape index (κ2) is 8.75. The molecule has 138 valence electrons. The number of benzene rings is 2. The number of ether oxygens (including phenoxy) is 1. The van der Waals surface area contributed by atoms with Crippen LogP contribution in [0, 0.1) is 6.92 Å². The SMILES string of the molecule is Cc1cccc(NC(=O)CSCC(=O)Oc2ccccc2C(F)(F)F)c1. The van der Waals surface area contributed by atoms with Crippen LogP contribution in [0.5, 0.6) is 5.75 Å². The van der Waals surface area contributed by atoms with Crippen LogP contribution in [0.25, 0.3) is 0 Å². The first kappa shape index (κ1) is 19.8. The predicted molar refractivity (Wildman–Crippen MR) is 94.2 cm³/mol. The van der Waals surface area contributed by atoms with E-state index in [4.69, 9.17) is 4.74 Å². The van der Waals surface area contributed by atoms with Crippen LogP contribution in [-0.2, 0) is 15.8 Å². The number of thioether (sulfide) groups is 1. The summed E-state index contributed by atoms with van der Waals surface area (Å²) in [5.41, 5.74) is 0.607. The van der Waals surface area contributed by atoms with Gasteiger partial charge in [0.05, 0.1) is 17.1 Å². The first-order chi connectivity index (χ1) is 12.3. The number of alkyl halides is 3. The zero-order valence-electron chi connectivity index (χ0n) is 13.8. The minimum absolute atomic E-state index is 0.0238. The Morgan fingerprint density at radius 3 is 2.50 bits per heavy atom. The van der Waals surface area contributed by atoms with Crippen LogP contribution >= 0.6 is 11.8 Å². The number of nitrogens with one attached hydrogen (secondary N) is 1. The van der Waals surface area contributed by atoms with Gasteiger partial charge >= 0.3 is 12.1 Å². The molecule has 0 heterocycles. The summed E-state index contributed by atoms with van der Waals surface area (Å²) in [7, 11) is 0. The van der Waals surface area contributed by atoms with E-state index in [0.717, 1.165) is 29.5 Å². The van der Waals surface area contributed by atoms with E-state index in [9.17, 15) is 22.8 Å². The monoisotopic (exact) mass is 383 g/mol. The molecule has 0 aromatic heterocycles. The fourth-order valence-corrected chi connectivity index (χ4v) is 2.67. The van der Waals surface area contributed by atoms with Crippen molar-refractivity contribution in [3.63, 3.8) is 0 Å². The highest BCUT2D eigenvalue weighted by atomic mass is 32.2. The quantitative estimate of drug-likeness (QED) is 0.597. The Morgan fingerprint density at radius 1 is 1.08 bits per heavy atom. The van der Waals surface area contributed by atoms with E-state index < -0.39 is 23.5 Å². The molecule has 0 saturated carbocycles. The summed E-state index contributed by atoms with van der Waals surface area (Å²) < 4.78 is 43.3. The number of rotatable bonds is 6. The van der Waals surface area contributed by atoms with Crippen molar-refractivity contribution in [2.24, 2.45) is 0 Å². The lowest BCUT2D eigenvalue weighted by atomic mass is 10.2. The van der Waals surface area contributed by atoms with Crippen molar-refractivity contribution >= 4 is 29.3 Å². The molecule has 0 aliphatic carbocycles. The fourth-order valence-electron chi connectivity index (χ4n) is 2.09. The molecule has 0 aliphatic heterocycles. The van der Waals surface area contributed by atoms with Gasteiger partial charge in [0.2, 0.25) is 5.91 Å². The number of esters is 1. The Labute approximate surface area is 152 Å². The van der Waals surface area contributed by atoms with Crippen LogP contribution in [0.1, 0.15) is 11.1 Å². The molecular formula is C18H16F3NO3S. The number of hydrogen-bond acceptors (Lipinski definition) is 4. The fraction of sp³-hybridized carbons (Fsp3) is 0.222. The zero-order chi connectivity index (χ0) is 19.2. The molecule has 4 nitrogen and oxygen atoms in total. The van der Waals surface area contributed by atoms with E-state index in [1.165, 1.54) is 12.1 Å². The molecule has 8 heteroatoms. The normalized spacial score (nSPS) is 11.1. The molecule has 0 unspecified atom stereocenters. The van der Waals surface area contributed by atoms with Crippen LogP contribution in [0.15, 0.2) is 48.5 Å². The topological polar surface area (TPSA) is 55.4 Å². The second-order valence-electron chi connectivity index (χ2n) is 5.38. The average molecular weight is 383 g/mol. The maximum atomic E-state index is 12.8. The lowest BCUT2D eigenvalue weighted by molar-refractivity contribution is -0.141. The highest BCUT2D eigenvalue weighted by Crippen LogP contribution is 2.35. The number of carbonyl (C=O) groups is 2. The molecule has 0 spiro atoms. The lowest BCUT2D eigenvalue weighted by Crippen LogP contribution is -2.18. The minimum atomic E-state index is -4.61. The summed E-state index contributed by atoms with van der Waals surface area (Å²) in [6.45, 7) is 1.89. The maximum absolute atomic E-state index is 12.8. The number of anilines is 1. The van der Waals surface area contributed by atoms with Crippen molar-refractivity contribution < 1.29 is 27.5 Å². The van der Waals surface area contributed by atoms with Gasteiger partial charge in [0, 0.05) is 5.69 Å². The summed E-state index contributed by atoms with van der Waals surface area (Å²) in [5, 5.41) is 2.67. The van der Waals surface area contributed by atoms with E-state index in [1.54, 1.807) is 18.2 Å². The largest absolute Gasteiger partial charge is 0.425 e. The molecule has 2 aromatic rings. The van der Waals surface area contributed by atoms with Gasteiger partial charge in [0.1, 0.15) is 5.75 Å². The van der Waals surface area contributed by atoms with Gasteiger partial charge < -0.3 is 10.1 Å². The minimum Gasteiger partial charge on any atom is -0.425 e. The molecule has 1 N–H and O–H groups in total. The Kier molecular flexibility index (Phi) is 6.68. The summed E-state index contributed by atoms with van der Waals surface area (Å²) in [4.78, 5) is 23.6. The van der Waals surface area contributed by atoms with Crippen LogP contribution in [-0.4, -0.2) is 23.4 Å². The molecule has 0 atom stereocenters. The number of para-hydroxylation sites is 1. The Balaban J connectivity index is 1.82. The number of halogens is 3. The van der Waals surface area contributed by atoms with Gasteiger partial charge in [-0.05, 0) is 36.8 Å². The zero-order valence-corrected chi connectivity index (χ0v) is 14.6. The highest BCUT2D eigenvalue weighted by molar-refractivity contribution is 8.00. The number of amides is 1. The van der Waals surface area contributed by atoms with Gasteiger partial charge in [0.15, 0.2) is 0 Å². The van der Waals surface area contributed by atoms with Crippen molar-refractivity contribution in [2.75, 3.05) is 16.8 Å². The Bertz CT molecular complexity index is 793. The predicted octanol–water partition coefficient (Wildman–Crippen LogP) is 4.29. The Hall–Kier alpha value is -2.48. The summed E-state index contributed by atoms with van der Waals surface area (Å²) in [6.07, 6.45) is -4.61. The van der Waals surface area contributed by atoms with Crippen molar-refractivity contribution in [1.82, 2.24) is 0 Å². The Morgan fingerprint density at radius 2 is 1.81 bits per heavy atom. The molecule has 26 heavy (non-hydrogen) atoms. The van der Waals surface area contributed by atoms with E-state index in [1.807, 2.05) is 13.0 Å². The molecule has 0 fully saturated rings. The molecular weight excluding hydrogens is 367 g/mol. The van der Waals surface area contributed by atoms with E-state index in [2.05, 4.69) is 5.32 Å². The van der Waals surface area contributed by atoms with Crippen molar-refractivity contribution in [2.45, 2.75) is 13.1 Å². The molecule has 2 rings (SSSR count). The van der Waals surface area contributed by atoms with Crippen LogP contribution in [0.4, 0.5) is 18.9 Å². The van der Waals surface area contributed by atoms with E-state index in [-0.39, 0.29) is 17.4 Å². The van der Waals surface area contributed by atoms with Gasteiger partial charge in [-0.25, -0.2) is 0 Å². The first-order valence-electron chi connectivity index (χ1n) is 7.57. The van der Waals surface area contributed by atoms with Crippen molar-refractivity contribution in [3.05, 3.63) is 59.7 Å². The van der Waals surface area contributed by atoms with Gasteiger partial charge in [-0.15, -0.1) is 11.8 Å². The third kappa shape index (κ3) is 6.11. The number of aryl methyl sites for hydroxylation is 1. The highest BCUT2D eigenvalue weighted by Gasteiger charge is 2.34. The second-order valence-corrected chi connectivity index (χ2v) is 6.36. The number of carbonyl (C=O) groups excluding carboxylic acids is 2. The van der Waals surface area contributed by atoms with Gasteiger partial charge in [-0.1, -0.05) is 24.3 Å². The van der Waals surface area contributed by atoms with Gasteiger partial charge in [0.25, 0.3) is 0 Å². The summed E-state index contributed by atoms with van der Waals surface area (Å²) >= 11 is 0.958. The smallest absolute Gasteiger partial charge is 0.419 e. The van der Waals surface area contributed by atoms with Crippen LogP contribution in [0.3, 0.4) is 0 Å². The maximum Gasteiger partial charge on any atom is 0.419 e. The van der Waals surface area contributed by atoms with Crippen molar-refractivity contribution in [1.29, 1.82) is 0 Å². The molecule has 0 aliphatic rings. The van der Waals surface area contributed by atoms with Crippen molar-refractivity contribution in [3.8, 4) is 5.75 Å². The summed E-state index contributed by atoms with van der Waals surface area (Å²) in [5.74, 6) is -1.98. The van der Waals surface area contributed by atoms with Crippen LogP contribution < -0.4 is 10.1 Å². The lowest BCUT2D eigenvalue weighted by Gasteiger charge is -2.12. The molecule has 1 amide bonds. The molecule has 0 saturated heterocycles. The van der Waals surface area contributed by atoms with E-state index in [0.29, 0.717) is 5.69 Å². The molecule has 0 radical (unpaired) electrons. The third-order valence-corrected chi connectivity index (χ3v) is 4.08. The van der Waals surface area contributed by atoms with Crippen LogP contribution in [0.2, 0.25) is 0 Å². The van der Waals surface area contributed by atoms with Gasteiger partial charge in [-0.2, -0.15) is 13.2 Å². The summed E-state index contributed by atoms with van der Waals surface area (Å²) in [6, 6.07) is 11.7. The third-order valence-electron chi connectivity index (χ3n) is 3.17.